The molecular formula is C11H19NO4. The summed E-state index contributed by atoms with van der Waals surface area (Å²) < 4.78 is 4.74. The van der Waals surface area contributed by atoms with E-state index in [1.165, 1.54) is 0 Å². The van der Waals surface area contributed by atoms with Crippen molar-refractivity contribution in [3.63, 3.8) is 0 Å². The fourth-order valence-corrected chi connectivity index (χ4v) is 1.78. The van der Waals surface area contributed by atoms with Gasteiger partial charge in [-0.1, -0.05) is 0 Å². The van der Waals surface area contributed by atoms with Crippen LogP contribution < -0.4 is 0 Å². The van der Waals surface area contributed by atoms with E-state index in [1.807, 2.05) is 0 Å². The lowest BCUT2D eigenvalue weighted by atomic mass is 10.1. The first-order chi connectivity index (χ1) is 7.63. The summed E-state index contributed by atoms with van der Waals surface area (Å²) in [6, 6.07) is 0. The van der Waals surface area contributed by atoms with Gasteiger partial charge < -0.3 is 14.7 Å². The molecule has 1 aliphatic rings. The average Bonchev–Trinajstić information content (AvgIpc) is 2.26. The third-order valence-corrected chi connectivity index (χ3v) is 2.60. The van der Waals surface area contributed by atoms with E-state index >= 15 is 0 Å². The smallest absolute Gasteiger partial charge is 0.306 e. The molecule has 92 valence electrons. The monoisotopic (exact) mass is 229 g/mol. The van der Waals surface area contributed by atoms with Gasteiger partial charge in [-0.05, 0) is 19.8 Å². The van der Waals surface area contributed by atoms with Gasteiger partial charge in [0.05, 0.1) is 19.1 Å². The van der Waals surface area contributed by atoms with Crippen LogP contribution in [-0.4, -0.2) is 47.7 Å². The quantitative estimate of drug-likeness (QED) is 0.705. The summed E-state index contributed by atoms with van der Waals surface area (Å²) in [5, 5.41) is 9.40. The number of ether oxygens (including phenoxy) is 1. The molecule has 1 rings (SSSR count). The number of esters is 1. The van der Waals surface area contributed by atoms with Crippen LogP contribution in [0.2, 0.25) is 0 Å². The van der Waals surface area contributed by atoms with E-state index in [2.05, 4.69) is 0 Å². The summed E-state index contributed by atoms with van der Waals surface area (Å²) in [5.74, 6) is -0.416. The van der Waals surface area contributed by atoms with E-state index in [0.717, 1.165) is 12.8 Å². The zero-order valence-corrected chi connectivity index (χ0v) is 9.65. The molecule has 0 bridgehead atoms. The molecule has 1 N–H and O–H groups in total. The van der Waals surface area contributed by atoms with Crippen LogP contribution in [0, 0.1) is 0 Å². The van der Waals surface area contributed by atoms with Crippen molar-refractivity contribution in [2.24, 2.45) is 0 Å². The van der Waals surface area contributed by atoms with Crippen LogP contribution in [0.1, 0.15) is 32.6 Å². The van der Waals surface area contributed by atoms with Gasteiger partial charge in [0.25, 0.3) is 0 Å². The summed E-state index contributed by atoms with van der Waals surface area (Å²) in [6.07, 6.45) is 1.46. The Balaban J connectivity index is 2.26. The molecule has 5 nitrogen and oxygen atoms in total. The number of amides is 1. The maximum atomic E-state index is 11.7. The van der Waals surface area contributed by atoms with Crippen molar-refractivity contribution in [3.05, 3.63) is 0 Å². The van der Waals surface area contributed by atoms with Crippen molar-refractivity contribution in [1.82, 2.24) is 4.90 Å². The molecule has 1 heterocycles. The van der Waals surface area contributed by atoms with Gasteiger partial charge in [0.2, 0.25) is 5.91 Å². The Morgan fingerprint density at radius 1 is 1.44 bits per heavy atom. The molecule has 1 amide bonds. The maximum absolute atomic E-state index is 11.7. The summed E-state index contributed by atoms with van der Waals surface area (Å²) in [4.78, 5) is 24.3. The number of carbonyl (C=O) groups is 2. The minimum atomic E-state index is -0.416. The van der Waals surface area contributed by atoms with Gasteiger partial charge >= 0.3 is 5.97 Å². The van der Waals surface area contributed by atoms with Crippen LogP contribution in [0.25, 0.3) is 0 Å². The number of hydrogen-bond acceptors (Lipinski definition) is 4. The van der Waals surface area contributed by atoms with Crippen molar-refractivity contribution in [3.8, 4) is 0 Å². The van der Waals surface area contributed by atoms with E-state index in [9.17, 15) is 14.7 Å². The molecule has 0 radical (unpaired) electrons. The Morgan fingerprint density at radius 2 is 2.19 bits per heavy atom. The fraction of sp³-hybridized carbons (Fsp3) is 0.818. The van der Waals surface area contributed by atoms with Crippen molar-refractivity contribution >= 4 is 11.9 Å². The molecule has 0 aromatic heterocycles. The molecule has 1 atom stereocenters. The first kappa shape index (κ1) is 13.0. The Morgan fingerprint density at radius 3 is 2.81 bits per heavy atom. The third kappa shape index (κ3) is 4.18. The number of carbonyl (C=O) groups excluding carboxylic acids is 2. The van der Waals surface area contributed by atoms with Gasteiger partial charge in [0.1, 0.15) is 0 Å². The van der Waals surface area contributed by atoms with E-state index in [-0.39, 0.29) is 24.7 Å². The minimum Gasteiger partial charge on any atom is -0.466 e. The molecule has 1 unspecified atom stereocenters. The van der Waals surface area contributed by atoms with Crippen molar-refractivity contribution in [2.75, 3.05) is 19.7 Å². The molecule has 0 aliphatic carbocycles. The zero-order chi connectivity index (χ0) is 12.0. The zero-order valence-electron chi connectivity index (χ0n) is 9.65. The number of nitrogens with zero attached hydrogens (tertiary/aromatic N) is 1. The molecule has 1 fully saturated rings. The second-order valence-electron chi connectivity index (χ2n) is 3.94. The van der Waals surface area contributed by atoms with Gasteiger partial charge in [-0.25, -0.2) is 0 Å². The van der Waals surface area contributed by atoms with Crippen LogP contribution in [0.15, 0.2) is 0 Å². The number of aliphatic hydroxyl groups excluding tert-OH is 1. The lowest BCUT2D eigenvalue weighted by Gasteiger charge is -2.30. The highest BCUT2D eigenvalue weighted by Gasteiger charge is 2.22. The van der Waals surface area contributed by atoms with Crippen LogP contribution in [0.5, 0.6) is 0 Å². The normalized spacial score (nSPS) is 20.6. The maximum Gasteiger partial charge on any atom is 0.306 e. The van der Waals surface area contributed by atoms with Gasteiger partial charge in [-0.3, -0.25) is 9.59 Å². The predicted molar refractivity (Wildman–Crippen MR) is 57.7 cm³/mol. The lowest BCUT2D eigenvalue weighted by Crippen LogP contribution is -2.42. The van der Waals surface area contributed by atoms with Crippen LogP contribution >= 0.6 is 0 Å². The van der Waals surface area contributed by atoms with Gasteiger partial charge in [0.15, 0.2) is 0 Å². The summed E-state index contributed by atoms with van der Waals surface area (Å²) in [5.41, 5.74) is 0. The lowest BCUT2D eigenvalue weighted by molar-refractivity contribution is -0.146. The Kier molecular flexibility index (Phi) is 5.25. The molecule has 0 spiro atoms. The van der Waals surface area contributed by atoms with Gasteiger partial charge in [-0.2, -0.15) is 0 Å². The minimum absolute atomic E-state index is 0.0770. The molecule has 5 heteroatoms. The largest absolute Gasteiger partial charge is 0.466 e. The first-order valence-corrected chi connectivity index (χ1v) is 5.75. The second kappa shape index (κ2) is 6.48. The third-order valence-electron chi connectivity index (χ3n) is 2.60. The number of likely N-dealkylation sites (tertiary alicyclic amines) is 1. The number of piperidine rings is 1. The van der Waals surface area contributed by atoms with Crippen LogP contribution in [0.4, 0.5) is 0 Å². The fourth-order valence-electron chi connectivity index (χ4n) is 1.78. The van der Waals surface area contributed by atoms with Crippen molar-refractivity contribution in [1.29, 1.82) is 0 Å². The number of rotatable bonds is 4. The summed E-state index contributed by atoms with van der Waals surface area (Å²) in [7, 11) is 0. The number of aliphatic hydroxyl groups is 1. The van der Waals surface area contributed by atoms with E-state index < -0.39 is 6.10 Å². The van der Waals surface area contributed by atoms with Crippen LogP contribution in [-0.2, 0) is 14.3 Å². The van der Waals surface area contributed by atoms with E-state index in [0.29, 0.717) is 19.7 Å². The standard InChI is InChI=1S/C11H19NO4/c1-2-16-11(15)6-5-10(14)12-7-3-4-9(13)8-12/h9,13H,2-8H2,1H3. The SMILES string of the molecule is CCOC(=O)CCC(=O)N1CCCC(O)C1. The first-order valence-electron chi connectivity index (χ1n) is 5.75. The highest BCUT2D eigenvalue weighted by Crippen LogP contribution is 2.11. The van der Waals surface area contributed by atoms with E-state index in [1.54, 1.807) is 11.8 Å². The van der Waals surface area contributed by atoms with Crippen molar-refractivity contribution < 1.29 is 19.4 Å². The molecule has 0 saturated carbocycles. The molecule has 0 aromatic carbocycles. The summed E-state index contributed by atoms with van der Waals surface area (Å²) >= 11 is 0. The number of β-amino-alcohol motifs (C(OH)–C–C–N with tert-alkyl or cyclic N) is 1. The molecule has 16 heavy (non-hydrogen) atoms. The Bertz CT molecular complexity index is 254. The molecule has 1 aliphatic heterocycles. The Labute approximate surface area is 95.4 Å². The molecule has 0 aromatic rings. The van der Waals surface area contributed by atoms with E-state index in [4.69, 9.17) is 4.74 Å². The number of hydrogen-bond donors (Lipinski definition) is 1. The topological polar surface area (TPSA) is 66.8 Å². The highest BCUT2D eigenvalue weighted by molar-refractivity contribution is 5.81. The van der Waals surface area contributed by atoms with Gasteiger partial charge in [-0.15, -0.1) is 0 Å². The summed E-state index contributed by atoms with van der Waals surface area (Å²) in [6.45, 7) is 3.15. The molecule has 1 saturated heterocycles. The highest BCUT2D eigenvalue weighted by atomic mass is 16.5. The van der Waals surface area contributed by atoms with Crippen molar-refractivity contribution in [2.45, 2.75) is 38.7 Å². The Hall–Kier alpha value is -1.10. The second-order valence-corrected chi connectivity index (χ2v) is 3.94. The van der Waals surface area contributed by atoms with Crippen LogP contribution in [0.3, 0.4) is 0 Å². The van der Waals surface area contributed by atoms with Gasteiger partial charge in [0, 0.05) is 19.5 Å². The average molecular weight is 229 g/mol. The molecular weight excluding hydrogens is 210 g/mol. The predicted octanol–water partition coefficient (Wildman–Crippen LogP) is 0.313.